The van der Waals surface area contributed by atoms with E-state index in [1.165, 1.54) is 20.3 Å². The number of piperidine rings is 1. The molecule has 4 rings (SSSR count). The molecule has 1 aromatic rings. The summed E-state index contributed by atoms with van der Waals surface area (Å²) in [6.07, 6.45) is 4.14. The molecule has 0 amide bonds. The van der Waals surface area contributed by atoms with E-state index in [4.69, 9.17) is 14.2 Å². The minimum atomic E-state index is -0.445. The number of nitrogens with one attached hydrogen (secondary N) is 1. The van der Waals surface area contributed by atoms with Crippen molar-refractivity contribution in [2.24, 2.45) is 17.8 Å². The second-order valence-corrected chi connectivity index (χ2v) is 9.17. The first-order chi connectivity index (χ1) is 15.9. The summed E-state index contributed by atoms with van der Waals surface area (Å²) in [5.41, 5.74) is 1.76. The topological polar surface area (TPSA) is 94.2 Å². The molecule has 8 nitrogen and oxygen atoms in total. The molecule has 1 N–H and O–H groups in total. The fraction of sp³-hybridized carbons (Fsp3) is 0.560. The number of methoxy groups -OCH3 is 2. The quantitative estimate of drug-likeness (QED) is 0.302. The number of fused-ring (bicyclic) bond motifs is 2. The maximum atomic E-state index is 13.3. The van der Waals surface area contributed by atoms with E-state index in [2.05, 4.69) is 17.1 Å². The van der Waals surface area contributed by atoms with E-state index < -0.39 is 5.97 Å². The molecule has 5 atom stereocenters. The lowest BCUT2D eigenvalue weighted by Gasteiger charge is -2.41. The van der Waals surface area contributed by atoms with Crippen molar-refractivity contribution >= 4 is 23.4 Å². The van der Waals surface area contributed by atoms with Crippen molar-refractivity contribution in [2.75, 3.05) is 32.6 Å². The summed E-state index contributed by atoms with van der Waals surface area (Å²) in [5.74, 6) is -0.00417. The SMILES string of the molecule is CC[C@@H]1CN2CC(C3Nc4cccc(OC(C)=O)c4C3=O)CC2C[C@@H]1/C(=C\OC)C(=O)OC. The van der Waals surface area contributed by atoms with Gasteiger partial charge in [0.25, 0.3) is 0 Å². The van der Waals surface area contributed by atoms with Gasteiger partial charge in [0.1, 0.15) is 5.75 Å². The van der Waals surface area contributed by atoms with Crippen molar-refractivity contribution in [3.8, 4) is 5.75 Å². The van der Waals surface area contributed by atoms with Crippen LogP contribution in [-0.2, 0) is 19.1 Å². The predicted molar refractivity (Wildman–Crippen MR) is 122 cm³/mol. The summed E-state index contributed by atoms with van der Waals surface area (Å²) in [6, 6.07) is 5.22. The van der Waals surface area contributed by atoms with Crippen molar-refractivity contribution in [2.45, 2.75) is 45.2 Å². The van der Waals surface area contributed by atoms with E-state index in [1.807, 2.05) is 6.07 Å². The third-order valence-corrected chi connectivity index (χ3v) is 7.31. The van der Waals surface area contributed by atoms with Gasteiger partial charge in [0.15, 0.2) is 5.78 Å². The first-order valence-corrected chi connectivity index (χ1v) is 11.5. The van der Waals surface area contributed by atoms with Crippen molar-refractivity contribution < 1.29 is 28.6 Å². The maximum absolute atomic E-state index is 13.3. The summed E-state index contributed by atoms with van der Waals surface area (Å²) in [5, 5.41) is 3.38. The molecule has 3 aliphatic rings. The van der Waals surface area contributed by atoms with Gasteiger partial charge < -0.3 is 19.5 Å². The number of carbonyl (C=O) groups excluding carboxylic acids is 3. The van der Waals surface area contributed by atoms with E-state index in [1.54, 1.807) is 19.2 Å². The van der Waals surface area contributed by atoms with E-state index in [0.717, 1.165) is 32.4 Å². The Morgan fingerprint density at radius 2 is 2.00 bits per heavy atom. The van der Waals surface area contributed by atoms with Gasteiger partial charge in [-0.25, -0.2) is 4.79 Å². The summed E-state index contributed by atoms with van der Waals surface area (Å²) >= 11 is 0. The van der Waals surface area contributed by atoms with Crippen LogP contribution in [0, 0.1) is 17.8 Å². The number of Topliss-reactive ketones (excluding diaryl/α,β-unsaturated/α-hetero) is 1. The molecule has 3 unspecified atom stereocenters. The Morgan fingerprint density at radius 1 is 1.21 bits per heavy atom. The number of hydrogen-bond donors (Lipinski definition) is 1. The minimum Gasteiger partial charge on any atom is -0.504 e. The standard InChI is InChI=1S/C25H32N2O6/c1-5-15-11-27-12-16(9-17(27)10-18(15)19(13-31-3)25(30)32-4)23-24(29)22-20(26-23)7-6-8-21(22)33-14(2)28/h6-8,13,15-18,23,26H,5,9-12H2,1-4H3/b19-13+/t15-,16?,17?,18+,23?/m1/s1. The van der Waals surface area contributed by atoms with Crippen LogP contribution in [0.15, 0.2) is 30.0 Å². The van der Waals surface area contributed by atoms with Gasteiger partial charge in [-0.3, -0.25) is 14.5 Å². The third kappa shape index (κ3) is 4.36. The number of ether oxygens (including phenoxy) is 3. The number of hydrogen-bond acceptors (Lipinski definition) is 8. The largest absolute Gasteiger partial charge is 0.504 e. The van der Waals surface area contributed by atoms with E-state index in [9.17, 15) is 14.4 Å². The summed E-state index contributed by atoms with van der Waals surface area (Å²) in [6.45, 7) is 5.16. The Bertz CT molecular complexity index is 974. The Balaban J connectivity index is 1.52. The van der Waals surface area contributed by atoms with Crippen LogP contribution in [0.4, 0.5) is 5.69 Å². The third-order valence-electron chi connectivity index (χ3n) is 7.31. The molecule has 33 heavy (non-hydrogen) atoms. The lowest BCUT2D eigenvalue weighted by Crippen LogP contribution is -2.45. The highest BCUT2D eigenvalue weighted by Gasteiger charge is 2.48. The van der Waals surface area contributed by atoms with Gasteiger partial charge in [0.2, 0.25) is 0 Å². The van der Waals surface area contributed by atoms with Crippen LogP contribution in [0.2, 0.25) is 0 Å². The maximum Gasteiger partial charge on any atom is 0.337 e. The van der Waals surface area contributed by atoms with Crippen LogP contribution < -0.4 is 10.1 Å². The molecule has 3 heterocycles. The highest BCUT2D eigenvalue weighted by Crippen LogP contribution is 2.44. The van der Waals surface area contributed by atoms with Crippen molar-refractivity contribution in [1.29, 1.82) is 0 Å². The van der Waals surface area contributed by atoms with E-state index in [0.29, 0.717) is 28.5 Å². The molecule has 2 saturated heterocycles. The fourth-order valence-electron chi connectivity index (χ4n) is 5.84. The number of nitrogens with zero attached hydrogens (tertiary/aromatic N) is 1. The molecule has 1 aromatic carbocycles. The second kappa shape index (κ2) is 9.55. The monoisotopic (exact) mass is 456 g/mol. The number of ketones is 1. The number of anilines is 1. The van der Waals surface area contributed by atoms with Crippen LogP contribution in [0.1, 0.15) is 43.5 Å². The first-order valence-electron chi connectivity index (χ1n) is 11.5. The average molecular weight is 457 g/mol. The molecule has 178 valence electrons. The molecule has 0 radical (unpaired) electrons. The zero-order valence-electron chi connectivity index (χ0n) is 19.6. The summed E-state index contributed by atoms with van der Waals surface area (Å²) in [7, 11) is 2.94. The van der Waals surface area contributed by atoms with Gasteiger partial charge in [-0.1, -0.05) is 19.4 Å². The number of esters is 2. The average Bonchev–Trinajstić information content (AvgIpc) is 3.36. The number of benzene rings is 1. The minimum absolute atomic E-state index is 0.0233. The normalized spacial score (nSPS) is 29.2. The molecule has 3 aliphatic heterocycles. The van der Waals surface area contributed by atoms with Crippen molar-refractivity contribution in [3.63, 3.8) is 0 Å². The second-order valence-electron chi connectivity index (χ2n) is 9.17. The lowest BCUT2D eigenvalue weighted by molar-refractivity contribution is -0.137. The Kier molecular flexibility index (Phi) is 6.74. The molecule has 0 aliphatic carbocycles. The van der Waals surface area contributed by atoms with E-state index in [-0.39, 0.29) is 35.7 Å². The smallest absolute Gasteiger partial charge is 0.337 e. The lowest BCUT2D eigenvalue weighted by atomic mass is 9.76. The molecule has 8 heteroatoms. The predicted octanol–water partition coefficient (Wildman–Crippen LogP) is 3.03. The van der Waals surface area contributed by atoms with Gasteiger partial charge in [0, 0.05) is 37.7 Å². The Morgan fingerprint density at radius 3 is 2.67 bits per heavy atom. The summed E-state index contributed by atoms with van der Waals surface area (Å²) in [4.78, 5) is 39.7. The van der Waals surface area contributed by atoms with Crippen molar-refractivity contribution in [1.82, 2.24) is 4.90 Å². The highest BCUT2D eigenvalue weighted by molar-refractivity contribution is 6.13. The molecular weight excluding hydrogens is 424 g/mol. The molecule has 0 bridgehead atoms. The molecular formula is C25H32N2O6. The molecule has 0 spiro atoms. The van der Waals surface area contributed by atoms with Crippen LogP contribution in [0.25, 0.3) is 0 Å². The first kappa shape index (κ1) is 23.3. The molecule has 0 saturated carbocycles. The number of carbonyl (C=O) groups is 3. The van der Waals surface area contributed by atoms with Gasteiger partial charge in [-0.15, -0.1) is 0 Å². The Labute approximate surface area is 194 Å². The molecule has 2 fully saturated rings. The van der Waals surface area contributed by atoms with Crippen LogP contribution in [-0.4, -0.2) is 62.0 Å². The Hall–Kier alpha value is -2.87. The fourth-order valence-corrected chi connectivity index (χ4v) is 5.84. The number of rotatable bonds is 6. The highest BCUT2D eigenvalue weighted by atomic mass is 16.5. The zero-order chi connectivity index (χ0) is 23.7. The summed E-state index contributed by atoms with van der Waals surface area (Å²) < 4.78 is 15.5. The van der Waals surface area contributed by atoms with Crippen LogP contribution in [0.3, 0.4) is 0 Å². The van der Waals surface area contributed by atoms with Crippen LogP contribution in [0.5, 0.6) is 5.75 Å². The van der Waals surface area contributed by atoms with Gasteiger partial charge >= 0.3 is 11.9 Å². The van der Waals surface area contributed by atoms with Crippen LogP contribution >= 0.6 is 0 Å². The zero-order valence-corrected chi connectivity index (χ0v) is 19.6. The van der Waals surface area contributed by atoms with E-state index >= 15 is 0 Å². The van der Waals surface area contributed by atoms with Gasteiger partial charge in [-0.2, -0.15) is 0 Å². The van der Waals surface area contributed by atoms with Crippen molar-refractivity contribution in [3.05, 3.63) is 35.6 Å². The van der Waals surface area contributed by atoms with Gasteiger partial charge in [0.05, 0.1) is 37.7 Å². The van der Waals surface area contributed by atoms with Gasteiger partial charge in [-0.05, 0) is 36.8 Å². The molecule has 0 aromatic heterocycles.